The van der Waals surface area contributed by atoms with Crippen molar-refractivity contribution < 1.29 is 4.79 Å². The number of carbonyl (C=O) groups excluding carboxylic acids is 1. The Morgan fingerprint density at radius 3 is 2.23 bits per heavy atom. The van der Waals surface area contributed by atoms with Gasteiger partial charge in [-0.1, -0.05) is 29.3 Å². The highest BCUT2D eigenvalue weighted by atomic mass is 35.5. The second kappa shape index (κ2) is 8.65. The maximum Gasteiger partial charge on any atom is 0.246 e. The third-order valence-electron chi connectivity index (χ3n) is 4.58. The number of nitrogens with zero attached hydrogens (tertiary/aromatic N) is 1. The van der Waals surface area contributed by atoms with Crippen molar-refractivity contribution in [1.82, 2.24) is 0 Å². The molecule has 1 aliphatic heterocycles. The van der Waals surface area contributed by atoms with Crippen molar-refractivity contribution in [1.29, 1.82) is 0 Å². The minimum atomic E-state index is -0.428. The first-order valence-corrected chi connectivity index (χ1v) is 9.66. The van der Waals surface area contributed by atoms with Crippen LogP contribution in [0.1, 0.15) is 26.2 Å². The van der Waals surface area contributed by atoms with Crippen molar-refractivity contribution in [3.05, 3.63) is 52.5 Å². The molecular weight excluding hydrogens is 369 g/mol. The highest BCUT2D eigenvalue weighted by Gasteiger charge is 2.16. The average molecular weight is 392 g/mol. The molecular formula is C20H23Cl2N3O. The summed E-state index contributed by atoms with van der Waals surface area (Å²) in [5, 5.41) is 6.84. The first kappa shape index (κ1) is 18.9. The van der Waals surface area contributed by atoms with E-state index in [9.17, 15) is 4.79 Å². The van der Waals surface area contributed by atoms with Crippen molar-refractivity contribution >= 4 is 46.2 Å². The van der Waals surface area contributed by atoms with Gasteiger partial charge in [-0.25, -0.2) is 0 Å². The van der Waals surface area contributed by atoms with E-state index in [2.05, 4.69) is 27.7 Å². The summed E-state index contributed by atoms with van der Waals surface area (Å²) in [7, 11) is 0. The molecule has 1 fully saturated rings. The highest BCUT2D eigenvalue weighted by Crippen LogP contribution is 2.30. The van der Waals surface area contributed by atoms with Crippen molar-refractivity contribution in [2.75, 3.05) is 28.6 Å². The van der Waals surface area contributed by atoms with Gasteiger partial charge in [-0.2, -0.15) is 0 Å². The topological polar surface area (TPSA) is 44.4 Å². The van der Waals surface area contributed by atoms with Crippen LogP contribution in [-0.2, 0) is 4.79 Å². The summed E-state index contributed by atoms with van der Waals surface area (Å²) in [5.74, 6) is -0.194. The molecule has 1 saturated heterocycles. The zero-order valence-electron chi connectivity index (χ0n) is 14.8. The molecule has 4 nitrogen and oxygen atoms in total. The summed E-state index contributed by atoms with van der Waals surface area (Å²) < 4.78 is 0. The van der Waals surface area contributed by atoms with E-state index in [1.54, 1.807) is 25.1 Å². The Labute approximate surface area is 164 Å². The second-order valence-corrected chi connectivity index (χ2v) is 7.36. The summed E-state index contributed by atoms with van der Waals surface area (Å²) in [4.78, 5) is 14.8. The summed E-state index contributed by atoms with van der Waals surface area (Å²) in [6.45, 7) is 4.03. The molecule has 1 heterocycles. The molecule has 0 unspecified atom stereocenters. The molecule has 1 atom stereocenters. The van der Waals surface area contributed by atoms with Gasteiger partial charge < -0.3 is 15.5 Å². The maximum absolute atomic E-state index is 12.4. The van der Waals surface area contributed by atoms with Crippen molar-refractivity contribution in [2.24, 2.45) is 0 Å². The summed E-state index contributed by atoms with van der Waals surface area (Å²) in [6, 6.07) is 12.9. The minimum Gasteiger partial charge on any atom is -0.374 e. The van der Waals surface area contributed by atoms with E-state index in [0.29, 0.717) is 15.7 Å². The smallest absolute Gasteiger partial charge is 0.246 e. The van der Waals surface area contributed by atoms with Crippen LogP contribution in [0.3, 0.4) is 0 Å². The molecule has 1 amide bonds. The van der Waals surface area contributed by atoms with Gasteiger partial charge in [-0.3, -0.25) is 4.79 Å². The second-order valence-electron chi connectivity index (χ2n) is 6.55. The van der Waals surface area contributed by atoms with Crippen LogP contribution in [0.15, 0.2) is 42.5 Å². The fraction of sp³-hybridized carbons (Fsp3) is 0.350. The van der Waals surface area contributed by atoms with Gasteiger partial charge in [0.05, 0.1) is 15.7 Å². The van der Waals surface area contributed by atoms with E-state index in [-0.39, 0.29) is 5.91 Å². The standard InChI is InChI=1S/C20H23Cl2N3O/c1-14(20(26)24-19-17(21)6-5-7-18(19)22)23-15-8-10-16(11-9-15)25-12-3-2-4-13-25/h5-11,14,23H,2-4,12-13H2,1H3,(H,24,26)/t14-/m1/s1. The molecule has 1 aliphatic rings. The van der Waals surface area contributed by atoms with Gasteiger partial charge in [-0.05, 0) is 62.6 Å². The molecule has 138 valence electrons. The number of para-hydroxylation sites is 1. The number of hydrogen-bond acceptors (Lipinski definition) is 3. The number of amides is 1. The van der Waals surface area contributed by atoms with E-state index >= 15 is 0 Å². The lowest BCUT2D eigenvalue weighted by Crippen LogP contribution is -2.32. The number of benzene rings is 2. The number of carbonyl (C=O) groups is 1. The predicted octanol–water partition coefficient (Wildman–Crippen LogP) is 5.42. The van der Waals surface area contributed by atoms with Gasteiger partial charge in [0.1, 0.15) is 6.04 Å². The third kappa shape index (κ3) is 4.63. The maximum atomic E-state index is 12.4. The van der Waals surface area contributed by atoms with Gasteiger partial charge in [0.2, 0.25) is 5.91 Å². The number of piperidine rings is 1. The van der Waals surface area contributed by atoms with Gasteiger partial charge in [0.15, 0.2) is 0 Å². The van der Waals surface area contributed by atoms with E-state index in [0.717, 1.165) is 18.8 Å². The Morgan fingerprint density at radius 1 is 1.00 bits per heavy atom. The zero-order valence-corrected chi connectivity index (χ0v) is 16.3. The molecule has 0 spiro atoms. The van der Waals surface area contributed by atoms with E-state index in [4.69, 9.17) is 23.2 Å². The van der Waals surface area contributed by atoms with Crippen molar-refractivity contribution in [3.8, 4) is 0 Å². The van der Waals surface area contributed by atoms with E-state index in [1.165, 1.54) is 24.9 Å². The van der Waals surface area contributed by atoms with Crippen LogP contribution in [0.5, 0.6) is 0 Å². The van der Waals surface area contributed by atoms with Gasteiger partial charge >= 0.3 is 0 Å². The fourth-order valence-corrected chi connectivity index (χ4v) is 3.58. The van der Waals surface area contributed by atoms with Crippen LogP contribution in [0.2, 0.25) is 10.0 Å². The molecule has 26 heavy (non-hydrogen) atoms. The molecule has 2 N–H and O–H groups in total. The molecule has 0 bridgehead atoms. The van der Waals surface area contributed by atoms with Crippen LogP contribution >= 0.6 is 23.2 Å². The third-order valence-corrected chi connectivity index (χ3v) is 5.21. The van der Waals surface area contributed by atoms with Gasteiger partial charge in [0, 0.05) is 24.5 Å². The number of nitrogens with one attached hydrogen (secondary N) is 2. The summed E-state index contributed by atoms with van der Waals surface area (Å²) in [6.07, 6.45) is 3.82. The molecule has 6 heteroatoms. The number of rotatable bonds is 5. The fourth-order valence-electron chi connectivity index (χ4n) is 3.08. The molecule has 0 radical (unpaired) electrons. The Kier molecular flexibility index (Phi) is 6.28. The molecule has 0 aliphatic carbocycles. The van der Waals surface area contributed by atoms with Crippen molar-refractivity contribution in [3.63, 3.8) is 0 Å². The Balaban J connectivity index is 1.60. The predicted molar refractivity (Wildman–Crippen MR) is 111 cm³/mol. The molecule has 3 rings (SSSR count). The average Bonchev–Trinajstić information content (AvgIpc) is 2.66. The molecule has 0 saturated carbocycles. The van der Waals surface area contributed by atoms with Crippen LogP contribution in [0, 0.1) is 0 Å². The van der Waals surface area contributed by atoms with Crippen molar-refractivity contribution in [2.45, 2.75) is 32.2 Å². The number of halogens is 2. The van der Waals surface area contributed by atoms with Gasteiger partial charge in [-0.15, -0.1) is 0 Å². The van der Waals surface area contributed by atoms with Crippen LogP contribution < -0.4 is 15.5 Å². The zero-order chi connectivity index (χ0) is 18.5. The van der Waals surface area contributed by atoms with Crippen LogP contribution in [0.25, 0.3) is 0 Å². The monoisotopic (exact) mass is 391 g/mol. The molecule has 2 aromatic rings. The first-order valence-electron chi connectivity index (χ1n) is 8.91. The summed E-state index contributed by atoms with van der Waals surface area (Å²) in [5.41, 5.74) is 2.57. The van der Waals surface area contributed by atoms with Crippen LogP contribution in [0.4, 0.5) is 17.1 Å². The Hall–Kier alpha value is -1.91. The SMILES string of the molecule is C[C@@H](Nc1ccc(N2CCCCC2)cc1)C(=O)Nc1c(Cl)cccc1Cl. The Bertz CT molecular complexity index is 738. The van der Waals surface area contributed by atoms with Gasteiger partial charge in [0.25, 0.3) is 0 Å². The Morgan fingerprint density at radius 2 is 1.62 bits per heavy atom. The van der Waals surface area contributed by atoms with E-state index in [1.807, 2.05) is 12.1 Å². The summed E-state index contributed by atoms with van der Waals surface area (Å²) >= 11 is 12.2. The molecule has 0 aromatic heterocycles. The number of anilines is 3. The van der Waals surface area contributed by atoms with Crippen LogP contribution in [-0.4, -0.2) is 25.0 Å². The lowest BCUT2D eigenvalue weighted by Gasteiger charge is -2.29. The number of hydrogen-bond donors (Lipinski definition) is 2. The minimum absolute atomic E-state index is 0.194. The normalized spacial score (nSPS) is 15.4. The lowest BCUT2D eigenvalue weighted by molar-refractivity contribution is -0.116. The van der Waals surface area contributed by atoms with E-state index < -0.39 is 6.04 Å². The highest BCUT2D eigenvalue weighted by molar-refractivity contribution is 6.39. The molecule has 2 aromatic carbocycles. The largest absolute Gasteiger partial charge is 0.374 e. The first-order chi connectivity index (χ1) is 12.5. The quantitative estimate of drug-likeness (QED) is 0.714. The lowest BCUT2D eigenvalue weighted by atomic mass is 10.1.